The van der Waals surface area contributed by atoms with Crippen molar-refractivity contribution in [2.24, 2.45) is 5.41 Å². The third kappa shape index (κ3) is 15.0. The first kappa shape index (κ1) is 59.0. The second-order valence-corrected chi connectivity index (χ2v) is 21.2. The number of rotatable bonds is 21. The Labute approximate surface area is 450 Å². The van der Waals surface area contributed by atoms with Gasteiger partial charge in [-0.3, -0.25) is 43.2 Å². The van der Waals surface area contributed by atoms with E-state index in [9.17, 15) is 48.3 Å². The first-order valence-corrected chi connectivity index (χ1v) is 26.4. The number of nitrogens with zero attached hydrogens (tertiary/aromatic N) is 2. The highest BCUT2D eigenvalue weighted by molar-refractivity contribution is 6.01. The summed E-state index contributed by atoms with van der Waals surface area (Å²) in [4.78, 5) is 127. The van der Waals surface area contributed by atoms with Crippen LogP contribution in [0.4, 0.5) is 0 Å². The van der Waals surface area contributed by atoms with Crippen molar-refractivity contribution in [3.05, 3.63) is 107 Å². The fraction of sp³-hybridized carbons (Fsp3) is 0.518. The molecule has 9 N–H and O–H groups in total. The number of carbonyl (C=O) groups is 9. The number of likely N-dealkylation sites (tertiary alicyclic amines) is 2. The number of aliphatic hydroxyl groups excluding tert-OH is 1. The Bertz CT molecular complexity index is 2620. The molecule has 10 atom stereocenters. The second-order valence-electron chi connectivity index (χ2n) is 21.2. The Hall–Kier alpha value is -7.23. The minimum Gasteiger partial charge on any atom is -0.469 e. The van der Waals surface area contributed by atoms with Gasteiger partial charge in [0.05, 0.1) is 31.8 Å². The summed E-state index contributed by atoms with van der Waals surface area (Å²) in [6.07, 6.45) is 2.03. The normalized spacial score (nSPS) is 21.0. The number of amides is 8. The van der Waals surface area contributed by atoms with Gasteiger partial charge in [-0.05, 0) is 107 Å². The van der Waals surface area contributed by atoms with Crippen molar-refractivity contribution < 1.29 is 53.0 Å². The number of esters is 1. The molecule has 2 fully saturated rings. The molecule has 416 valence electrons. The SMILES string of the molecule is CN[C@@H](C)C(=O)NC(C(=O)N1C[C@@H](NC(=O)c2cccc(C(=O)N[C@H]3C[C@@H](C(=O)N[C@H](C)c4ccccc4)N(C(=O)[C@H](CCC(=O)OC)NC(=O)[C@H](CO)NC)C3)c2)CC1C(=O)N[C@@H]1CCCc2ccccc21)C(C)(C)C. The topological polar surface area (TPSA) is 286 Å². The lowest BCUT2D eigenvalue weighted by Gasteiger charge is -2.36. The summed E-state index contributed by atoms with van der Waals surface area (Å²) >= 11 is 0. The summed E-state index contributed by atoms with van der Waals surface area (Å²) in [5, 5.41) is 32.9. The highest BCUT2D eigenvalue weighted by Gasteiger charge is 2.47. The van der Waals surface area contributed by atoms with E-state index in [0.29, 0.717) is 6.42 Å². The van der Waals surface area contributed by atoms with Gasteiger partial charge in [0.15, 0.2) is 0 Å². The van der Waals surface area contributed by atoms with Gasteiger partial charge in [-0.1, -0.05) is 81.4 Å². The van der Waals surface area contributed by atoms with Crippen LogP contribution in [0.1, 0.15) is 123 Å². The lowest BCUT2D eigenvalue weighted by atomic mass is 9.85. The van der Waals surface area contributed by atoms with E-state index in [4.69, 9.17) is 4.74 Å². The highest BCUT2D eigenvalue weighted by atomic mass is 16.5. The Kier molecular flexibility index (Phi) is 20.5. The quantitative estimate of drug-likeness (QED) is 0.0682. The molecule has 3 aromatic rings. The van der Waals surface area contributed by atoms with Crippen LogP contribution in [0.25, 0.3) is 0 Å². The molecule has 3 aromatic carbocycles. The predicted molar refractivity (Wildman–Crippen MR) is 285 cm³/mol. The number of methoxy groups -OCH3 is 1. The third-order valence-corrected chi connectivity index (χ3v) is 14.7. The first-order valence-electron chi connectivity index (χ1n) is 26.4. The molecule has 21 heteroatoms. The number of aliphatic hydroxyl groups is 1. The molecule has 2 aliphatic heterocycles. The molecule has 2 unspecified atom stereocenters. The summed E-state index contributed by atoms with van der Waals surface area (Å²) in [7, 11) is 4.28. The number of fused-ring (bicyclic) bond motifs is 1. The molecule has 2 saturated heterocycles. The highest BCUT2D eigenvalue weighted by Crippen LogP contribution is 2.32. The maximum atomic E-state index is 14.7. The van der Waals surface area contributed by atoms with Crippen molar-refractivity contribution in [2.45, 2.75) is 140 Å². The zero-order valence-corrected chi connectivity index (χ0v) is 45.3. The fourth-order valence-corrected chi connectivity index (χ4v) is 10.1. The number of ether oxygens (including phenoxy) is 1. The molecule has 0 spiro atoms. The van der Waals surface area contributed by atoms with Gasteiger partial charge in [-0.15, -0.1) is 0 Å². The van der Waals surface area contributed by atoms with Crippen molar-refractivity contribution in [3.63, 3.8) is 0 Å². The van der Waals surface area contributed by atoms with E-state index >= 15 is 0 Å². The summed E-state index contributed by atoms with van der Waals surface area (Å²) in [5.74, 6) is -5.04. The number of carbonyl (C=O) groups excluding carboxylic acids is 9. The van der Waals surface area contributed by atoms with E-state index in [1.807, 2.05) is 75.4 Å². The molecule has 0 radical (unpaired) electrons. The minimum absolute atomic E-state index is 0.0361. The minimum atomic E-state index is -1.33. The van der Waals surface area contributed by atoms with Gasteiger partial charge in [-0.2, -0.15) is 0 Å². The average molecular weight is 1070 g/mol. The molecule has 2 heterocycles. The lowest BCUT2D eigenvalue weighted by molar-refractivity contribution is -0.144. The monoisotopic (exact) mass is 1060 g/mol. The van der Waals surface area contributed by atoms with E-state index < -0.39 is 114 Å². The maximum Gasteiger partial charge on any atom is 0.305 e. The van der Waals surface area contributed by atoms with Gasteiger partial charge in [0.2, 0.25) is 35.4 Å². The molecule has 0 bridgehead atoms. The van der Waals surface area contributed by atoms with Crippen LogP contribution in [0.2, 0.25) is 0 Å². The number of nitrogens with one attached hydrogen (secondary N) is 8. The van der Waals surface area contributed by atoms with E-state index in [0.717, 1.165) is 29.5 Å². The summed E-state index contributed by atoms with van der Waals surface area (Å²) in [6.45, 7) is 8.13. The maximum absolute atomic E-state index is 14.7. The zero-order valence-electron chi connectivity index (χ0n) is 45.3. The number of aryl methyl sites for hydroxylation is 1. The van der Waals surface area contributed by atoms with Gasteiger partial charge in [-0.25, -0.2) is 0 Å². The number of hydrogen-bond donors (Lipinski definition) is 9. The number of hydrogen-bond acceptors (Lipinski definition) is 13. The van der Waals surface area contributed by atoms with Crippen molar-refractivity contribution in [1.82, 2.24) is 52.3 Å². The van der Waals surface area contributed by atoms with Crippen LogP contribution in [-0.4, -0.2) is 157 Å². The zero-order chi connectivity index (χ0) is 56.1. The molecular formula is C56H76N10O11. The van der Waals surface area contributed by atoms with Crippen LogP contribution < -0.4 is 42.5 Å². The Morgan fingerprint density at radius 2 is 1.29 bits per heavy atom. The molecular weight excluding hydrogens is 989 g/mol. The van der Waals surface area contributed by atoms with Crippen LogP contribution in [0, 0.1) is 5.41 Å². The summed E-state index contributed by atoms with van der Waals surface area (Å²) < 4.78 is 4.79. The Morgan fingerprint density at radius 1 is 0.688 bits per heavy atom. The largest absolute Gasteiger partial charge is 0.469 e. The van der Waals surface area contributed by atoms with E-state index in [1.165, 1.54) is 48.2 Å². The van der Waals surface area contributed by atoms with Crippen LogP contribution in [0.3, 0.4) is 0 Å². The third-order valence-electron chi connectivity index (χ3n) is 14.7. The van der Waals surface area contributed by atoms with Gasteiger partial charge in [0, 0.05) is 42.7 Å². The van der Waals surface area contributed by atoms with Gasteiger partial charge in [0.25, 0.3) is 11.8 Å². The van der Waals surface area contributed by atoms with Crippen molar-refractivity contribution in [1.29, 1.82) is 0 Å². The Morgan fingerprint density at radius 3 is 1.87 bits per heavy atom. The number of likely N-dealkylation sites (N-methyl/N-ethyl adjacent to an activating group) is 2. The molecule has 3 aliphatic rings. The molecule has 0 saturated carbocycles. The van der Waals surface area contributed by atoms with Crippen molar-refractivity contribution in [2.75, 3.05) is 40.9 Å². The van der Waals surface area contributed by atoms with Crippen molar-refractivity contribution in [3.8, 4) is 0 Å². The van der Waals surface area contributed by atoms with E-state index in [-0.39, 0.29) is 61.8 Å². The van der Waals surface area contributed by atoms with Gasteiger partial charge >= 0.3 is 5.97 Å². The molecule has 6 rings (SSSR count). The van der Waals surface area contributed by atoms with E-state index in [1.54, 1.807) is 20.9 Å². The lowest BCUT2D eigenvalue weighted by Crippen LogP contribution is -2.59. The number of benzene rings is 3. The second kappa shape index (κ2) is 26.7. The smallest absolute Gasteiger partial charge is 0.305 e. The predicted octanol–water partition coefficient (Wildman–Crippen LogP) is 1.31. The fourth-order valence-electron chi connectivity index (χ4n) is 10.1. The molecule has 1 aliphatic carbocycles. The van der Waals surface area contributed by atoms with Crippen LogP contribution in [0.5, 0.6) is 0 Å². The van der Waals surface area contributed by atoms with Crippen LogP contribution in [-0.2, 0) is 44.7 Å². The van der Waals surface area contributed by atoms with Crippen LogP contribution in [0.15, 0.2) is 78.9 Å². The van der Waals surface area contributed by atoms with Crippen molar-refractivity contribution >= 4 is 53.2 Å². The molecule has 0 aromatic heterocycles. The summed E-state index contributed by atoms with van der Waals surface area (Å²) in [6, 6.07) is 14.6. The van der Waals surface area contributed by atoms with E-state index in [2.05, 4.69) is 42.5 Å². The molecule has 21 nitrogen and oxygen atoms in total. The van der Waals surface area contributed by atoms with Gasteiger partial charge < -0.3 is 62.2 Å². The standard InChI is InChI=1S/C56H76N10O11/c1-32(34-16-10-9-11-17-34)59-52(73)44-27-38(29-65(44)54(75)42(24-25-46(68)77-8)63-51(72)43(31-67)58-7)60-49(70)36-20-14-21-37(26-36)50(71)61-39-28-45(53(74)62-41-23-15-19-35-18-12-13-22-40(35)41)66(30-39)55(76)47(56(3,4)5)64-48(69)33(2)57-6/h9-14,16-18,20-22,26,32-33,38-39,41-45,47,57-58,67H,15,19,23-25,27-31H2,1-8H3,(H,59,73)(H,60,70)(H,61,71)(H,62,74)(H,63,72)(H,64,69)/t32-,33+,38+,39+,41-,42+,43+,44+,45?,47?/m1/s1. The summed E-state index contributed by atoms with van der Waals surface area (Å²) in [5.41, 5.74) is 2.37. The molecule has 77 heavy (non-hydrogen) atoms. The average Bonchev–Trinajstić information content (AvgIpc) is 4.05. The molecule has 8 amide bonds. The van der Waals surface area contributed by atoms with Gasteiger partial charge in [0.1, 0.15) is 30.2 Å². The Balaban J connectivity index is 1.20. The van der Waals surface area contributed by atoms with Crippen LogP contribution >= 0.6 is 0 Å². The first-order chi connectivity index (χ1) is 36.7.